The Kier molecular flexibility index (Phi) is 3.25. The summed E-state index contributed by atoms with van der Waals surface area (Å²) in [6, 6.07) is 7.85. The van der Waals surface area contributed by atoms with Gasteiger partial charge in [-0.05, 0) is 37.7 Å². The minimum absolute atomic E-state index is 0.107. The van der Waals surface area contributed by atoms with Gasteiger partial charge < -0.3 is 9.73 Å². The summed E-state index contributed by atoms with van der Waals surface area (Å²) in [5.41, 5.74) is 1.86. The highest BCUT2D eigenvalue weighted by Gasteiger charge is 2.18. The molecule has 0 radical (unpaired) electrons. The molecule has 2 atom stereocenters. The third-order valence-corrected chi connectivity index (χ3v) is 3.13. The van der Waals surface area contributed by atoms with E-state index in [1.807, 2.05) is 38.2 Å². The minimum Gasteiger partial charge on any atom is -0.464 e. The summed E-state index contributed by atoms with van der Waals surface area (Å²) in [6.07, 6.45) is 1.65. The van der Waals surface area contributed by atoms with Gasteiger partial charge in [-0.25, -0.2) is 0 Å². The van der Waals surface area contributed by atoms with Crippen molar-refractivity contribution in [2.45, 2.75) is 18.9 Å². The van der Waals surface area contributed by atoms with Crippen LogP contribution in [0.25, 0.3) is 11.0 Å². The smallest absolute Gasteiger partial charge is 0.133 e. The van der Waals surface area contributed by atoms with Crippen molar-refractivity contribution in [3.63, 3.8) is 0 Å². The fourth-order valence-corrected chi connectivity index (χ4v) is 1.93. The third kappa shape index (κ3) is 1.95. The van der Waals surface area contributed by atoms with Gasteiger partial charge in [0.05, 0.1) is 12.9 Å². The second-order valence-electron chi connectivity index (χ2n) is 4.06. The molecule has 0 saturated heterocycles. The van der Waals surface area contributed by atoms with Crippen LogP contribution in [-0.2, 0) is 0 Å². The number of likely N-dealkylation sites (N-methyl/N-ethyl adjacent to an activating group) is 1. The van der Waals surface area contributed by atoms with Gasteiger partial charge in [-0.1, -0.05) is 6.07 Å². The number of halogens is 1. The van der Waals surface area contributed by atoms with Gasteiger partial charge in [0.25, 0.3) is 0 Å². The molecule has 0 amide bonds. The van der Waals surface area contributed by atoms with E-state index in [4.69, 9.17) is 4.42 Å². The van der Waals surface area contributed by atoms with Crippen LogP contribution >= 0.6 is 0 Å². The van der Waals surface area contributed by atoms with Crippen molar-refractivity contribution in [2.24, 2.45) is 0 Å². The molecule has 16 heavy (non-hydrogen) atoms. The van der Waals surface area contributed by atoms with Crippen molar-refractivity contribution in [1.29, 1.82) is 0 Å². The largest absolute Gasteiger partial charge is 0.464 e. The molecule has 86 valence electrons. The molecule has 0 aliphatic carbocycles. The molecule has 1 N–H and O–H groups in total. The van der Waals surface area contributed by atoms with Crippen LogP contribution in [0.3, 0.4) is 0 Å². The summed E-state index contributed by atoms with van der Waals surface area (Å²) in [7, 11) is 1.85. The summed E-state index contributed by atoms with van der Waals surface area (Å²) in [5.74, 6) is -0.107. The van der Waals surface area contributed by atoms with Crippen LogP contribution in [0.4, 0.5) is 4.39 Å². The highest BCUT2D eigenvalue weighted by Crippen LogP contribution is 2.25. The Labute approximate surface area is 94.4 Å². The van der Waals surface area contributed by atoms with Crippen molar-refractivity contribution >= 4 is 11.0 Å². The zero-order valence-electron chi connectivity index (χ0n) is 9.53. The van der Waals surface area contributed by atoms with Crippen molar-refractivity contribution in [3.8, 4) is 0 Å². The molecular formula is C13H16FNO. The van der Waals surface area contributed by atoms with Gasteiger partial charge in [0.1, 0.15) is 5.58 Å². The highest BCUT2D eigenvalue weighted by molar-refractivity contribution is 5.77. The van der Waals surface area contributed by atoms with E-state index in [1.165, 1.54) is 0 Å². The van der Waals surface area contributed by atoms with Crippen LogP contribution < -0.4 is 5.32 Å². The molecule has 0 aliphatic heterocycles. The van der Waals surface area contributed by atoms with Crippen LogP contribution in [0.15, 0.2) is 34.9 Å². The van der Waals surface area contributed by atoms with Gasteiger partial charge in [-0.3, -0.25) is 4.39 Å². The van der Waals surface area contributed by atoms with E-state index in [0.717, 1.165) is 16.5 Å². The molecule has 0 fully saturated rings. The Balaban J connectivity index is 2.36. The predicted octanol–water partition coefficient (Wildman–Crippen LogP) is 3.09. The van der Waals surface area contributed by atoms with E-state index >= 15 is 0 Å². The first-order chi connectivity index (χ1) is 7.76. The minimum atomic E-state index is -0.356. The summed E-state index contributed by atoms with van der Waals surface area (Å²) in [5, 5.41) is 4.12. The van der Waals surface area contributed by atoms with Crippen LogP contribution in [0.5, 0.6) is 0 Å². The lowest BCUT2D eigenvalue weighted by Crippen LogP contribution is -2.30. The highest BCUT2D eigenvalue weighted by atomic mass is 19.1. The van der Waals surface area contributed by atoms with E-state index in [0.29, 0.717) is 0 Å². The van der Waals surface area contributed by atoms with Crippen molar-refractivity contribution < 1.29 is 8.81 Å². The first-order valence-corrected chi connectivity index (χ1v) is 5.46. The number of hydrogen-bond donors (Lipinski definition) is 1. The average Bonchev–Trinajstić information content (AvgIpc) is 2.77. The lowest BCUT2D eigenvalue weighted by molar-refractivity contribution is 0.372. The Morgan fingerprint density at radius 3 is 2.88 bits per heavy atom. The maximum absolute atomic E-state index is 13.0. The Bertz CT molecular complexity index is 466. The summed E-state index contributed by atoms with van der Waals surface area (Å²) < 4.78 is 18.3. The number of hydrogen-bond acceptors (Lipinski definition) is 2. The molecule has 1 heterocycles. The number of alkyl halides is 1. The number of fused-ring (bicyclic) bond motifs is 1. The molecule has 1 aromatic heterocycles. The molecule has 2 aromatic rings. The second-order valence-corrected chi connectivity index (χ2v) is 4.06. The third-order valence-electron chi connectivity index (χ3n) is 3.13. The molecule has 2 rings (SSSR count). The van der Waals surface area contributed by atoms with E-state index in [9.17, 15) is 4.39 Å². The standard InChI is InChI=1S/C13H16FNO/c1-9(15-2)12(8-14)10-3-4-13-11(7-10)5-6-16-13/h3-7,9,12,15H,8H2,1-2H3. The second kappa shape index (κ2) is 4.66. The summed E-state index contributed by atoms with van der Waals surface area (Å²) in [6.45, 7) is 1.63. The Morgan fingerprint density at radius 1 is 1.38 bits per heavy atom. The van der Waals surface area contributed by atoms with Gasteiger partial charge >= 0.3 is 0 Å². The number of nitrogens with one attached hydrogen (secondary N) is 1. The molecule has 2 nitrogen and oxygen atoms in total. The van der Waals surface area contributed by atoms with Crippen molar-refractivity contribution in [3.05, 3.63) is 36.1 Å². The first-order valence-electron chi connectivity index (χ1n) is 5.46. The van der Waals surface area contributed by atoms with Crippen LogP contribution in [0.2, 0.25) is 0 Å². The number of rotatable bonds is 4. The van der Waals surface area contributed by atoms with Crippen molar-refractivity contribution in [2.75, 3.05) is 13.7 Å². The lowest BCUT2D eigenvalue weighted by atomic mass is 9.93. The van der Waals surface area contributed by atoms with Gasteiger partial charge in [0.2, 0.25) is 0 Å². The fourth-order valence-electron chi connectivity index (χ4n) is 1.93. The van der Waals surface area contributed by atoms with E-state index in [2.05, 4.69) is 5.32 Å². The van der Waals surface area contributed by atoms with Gasteiger partial charge in [0, 0.05) is 17.3 Å². The SMILES string of the molecule is CNC(C)C(CF)c1ccc2occc2c1. The van der Waals surface area contributed by atoms with Crippen LogP contribution in [-0.4, -0.2) is 19.8 Å². The zero-order valence-corrected chi connectivity index (χ0v) is 9.53. The molecule has 0 saturated carbocycles. The molecular weight excluding hydrogens is 205 g/mol. The fraction of sp³-hybridized carbons (Fsp3) is 0.385. The first kappa shape index (κ1) is 11.1. The molecule has 0 spiro atoms. The molecule has 3 heteroatoms. The average molecular weight is 221 g/mol. The van der Waals surface area contributed by atoms with Gasteiger partial charge in [-0.2, -0.15) is 0 Å². The molecule has 0 bridgehead atoms. The topological polar surface area (TPSA) is 25.2 Å². The molecule has 1 aromatic carbocycles. The normalized spacial score (nSPS) is 15.2. The lowest BCUT2D eigenvalue weighted by Gasteiger charge is -2.21. The summed E-state index contributed by atoms with van der Waals surface area (Å²) in [4.78, 5) is 0. The maximum Gasteiger partial charge on any atom is 0.133 e. The maximum atomic E-state index is 13.0. The quantitative estimate of drug-likeness (QED) is 0.858. The number of furan rings is 1. The zero-order chi connectivity index (χ0) is 11.5. The van der Waals surface area contributed by atoms with Crippen LogP contribution in [0.1, 0.15) is 18.4 Å². The van der Waals surface area contributed by atoms with Crippen LogP contribution in [0, 0.1) is 0 Å². The molecule has 2 unspecified atom stereocenters. The Morgan fingerprint density at radius 2 is 2.19 bits per heavy atom. The van der Waals surface area contributed by atoms with Crippen molar-refractivity contribution in [1.82, 2.24) is 5.32 Å². The number of benzene rings is 1. The predicted molar refractivity (Wildman–Crippen MR) is 63.5 cm³/mol. The summed E-state index contributed by atoms with van der Waals surface area (Å²) >= 11 is 0. The Hall–Kier alpha value is -1.35. The van der Waals surface area contributed by atoms with E-state index in [-0.39, 0.29) is 18.6 Å². The van der Waals surface area contributed by atoms with E-state index < -0.39 is 0 Å². The van der Waals surface area contributed by atoms with Gasteiger partial charge in [0.15, 0.2) is 0 Å². The monoisotopic (exact) mass is 221 g/mol. The molecule has 0 aliphatic rings. The van der Waals surface area contributed by atoms with E-state index in [1.54, 1.807) is 6.26 Å². The van der Waals surface area contributed by atoms with Gasteiger partial charge in [-0.15, -0.1) is 0 Å².